The lowest BCUT2D eigenvalue weighted by Gasteiger charge is -2.20. The highest BCUT2D eigenvalue weighted by Crippen LogP contribution is 2.24. The third-order valence-electron chi connectivity index (χ3n) is 5.20. The van der Waals surface area contributed by atoms with Crippen LogP contribution >= 0.6 is 23.4 Å². The number of thioether (sulfide) groups is 1. The van der Waals surface area contributed by atoms with Crippen molar-refractivity contribution in [3.63, 3.8) is 0 Å². The van der Waals surface area contributed by atoms with E-state index in [9.17, 15) is 19.5 Å². The van der Waals surface area contributed by atoms with Crippen LogP contribution in [-0.2, 0) is 18.9 Å². The number of hydrogen-bond donors (Lipinski definition) is 1. The van der Waals surface area contributed by atoms with Gasteiger partial charge in [-0.15, -0.1) is 0 Å². The van der Waals surface area contributed by atoms with Crippen LogP contribution in [0.1, 0.15) is 31.2 Å². The fraction of sp³-hybridized carbons (Fsp3) is 0.429. The van der Waals surface area contributed by atoms with Gasteiger partial charge in [-0.2, -0.15) is 0 Å². The number of aliphatic imine (C=N–C) groups is 1. The van der Waals surface area contributed by atoms with Crippen molar-refractivity contribution in [2.45, 2.75) is 25.7 Å². The molecule has 0 saturated carbocycles. The molecular weight excluding hydrogens is 440 g/mol. The van der Waals surface area contributed by atoms with Crippen LogP contribution in [0.15, 0.2) is 38.8 Å². The van der Waals surface area contributed by atoms with E-state index >= 15 is 0 Å². The first kappa shape index (κ1) is 23.1. The van der Waals surface area contributed by atoms with Crippen LogP contribution in [0, 0.1) is 0 Å². The average Bonchev–Trinajstić information content (AvgIpc) is 3.05. The topological polar surface area (TPSA) is 96.9 Å². The van der Waals surface area contributed by atoms with Gasteiger partial charge >= 0.3 is 5.69 Å². The Labute approximate surface area is 189 Å². The van der Waals surface area contributed by atoms with Gasteiger partial charge in [0.25, 0.3) is 5.56 Å². The number of likely N-dealkylation sites (tertiary alicyclic amines) is 1. The van der Waals surface area contributed by atoms with Gasteiger partial charge < -0.3 is 10.0 Å². The van der Waals surface area contributed by atoms with Crippen molar-refractivity contribution in [2.24, 2.45) is 19.1 Å². The Kier molecular flexibility index (Phi) is 7.61. The summed E-state index contributed by atoms with van der Waals surface area (Å²) in [5.41, 5.74) is -0.941. The van der Waals surface area contributed by atoms with E-state index < -0.39 is 17.1 Å². The summed E-state index contributed by atoms with van der Waals surface area (Å²) in [6, 6.07) is 6.65. The van der Waals surface area contributed by atoms with E-state index in [0.29, 0.717) is 10.7 Å². The molecule has 1 amide bonds. The van der Waals surface area contributed by atoms with Crippen LogP contribution < -0.4 is 11.2 Å². The molecule has 0 bridgehead atoms. The Balaban J connectivity index is 1.98. The number of hydrogen-bond acceptors (Lipinski definition) is 6. The molecule has 2 heterocycles. The van der Waals surface area contributed by atoms with E-state index in [0.717, 1.165) is 59.7 Å². The van der Waals surface area contributed by atoms with Gasteiger partial charge in [0.2, 0.25) is 11.8 Å². The predicted octanol–water partition coefficient (Wildman–Crippen LogP) is 2.66. The molecule has 1 aromatic heterocycles. The van der Waals surface area contributed by atoms with Gasteiger partial charge in [0.15, 0.2) is 0 Å². The maximum Gasteiger partial charge on any atom is 0.333 e. The van der Waals surface area contributed by atoms with E-state index in [2.05, 4.69) is 4.99 Å². The van der Waals surface area contributed by atoms with Crippen molar-refractivity contribution in [1.29, 1.82) is 0 Å². The third kappa shape index (κ3) is 5.40. The zero-order chi connectivity index (χ0) is 22.5. The van der Waals surface area contributed by atoms with Gasteiger partial charge in [0, 0.05) is 32.2 Å². The minimum atomic E-state index is -0.678. The van der Waals surface area contributed by atoms with Crippen molar-refractivity contribution in [3.05, 3.63) is 55.7 Å². The molecule has 2 aromatic rings. The lowest BCUT2D eigenvalue weighted by Crippen LogP contribution is -2.40. The second-order valence-corrected chi connectivity index (χ2v) is 8.78. The smallest absolute Gasteiger partial charge is 0.333 e. The molecule has 1 fully saturated rings. The molecule has 10 heteroatoms. The van der Waals surface area contributed by atoms with Crippen LogP contribution in [0.2, 0.25) is 5.02 Å². The number of rotatable bonds is 4. The van der Waals surface area contributed by atoms with Crippen LogP contribution in [-0.4, -0.2) is 48.9 Å². The summed E-state index contributed by atoms with van der Waals surface area (Å²) in [6.07, 6.45) is 4.18. The molecule has 3 rings (SSSR count). The van der Waals surface area contributed by atoms with Gasteiger partial charge in [-0.3, -0.25) is 18.7 Å². The van der Waals surface area contributed by atoms with E-state index in [-0.39, 0.29) is 22.3 Å². The van der Waals surface area contributed by atoms with Crippen LogP contribution in [0.25, 0.3) is 0 Å². The van der Waals surface area contributed by atoms with Crippen LogP contribution in [0.5, 0.6) is 5.88 Å². The molecule has 166 valence electrons. The summed E-state index contributed by atoms with van der Waals surface area (Å²) >= 11 is 7.01. The first-order valence-electron chi connectivity index (χ1n) is 10.0. The fourth-order valence-electron chi connectivity index (χ4n) is 3.36. The normalized spacial score (nSPS) is 15.1. The van der Waals surface area contributed by atoms with Gasteiger partial charge in [-0.1, -0.05) is 36.2 Å². The second-order valence-electron chi connectivity index (χ2n) is 7.38. The molecule has 1 N–H and O–H groups in total. The highest BCUT2D eigenvalue weighted by molar-refractivity contribution is 8.15. The molecule has 8 nitrogen and oxygen atoms in total. The van der Waals surface area contributed by atoms with Gasteiger partial charge in [0.1, 0.15) is 10.6 Å². The molecule has 1 aliphatic heterocycles. The number of nitrogens with zero attached hydrogens (tertiary/aromatic N) is 4. The Morgan fingerprint density at radius 2 is 1.68 bits per heavy atom. The maximum atomic E-state index is 12.8. The SMILES string of the molecule is Cn1c(O)c(C(=Nc2ccc(Cl)cc2)SCC(=O)N2CCCCCC2)c(=O)n(C)c1=O. The lowest BCUT2D eigenvalue weighted by molar-refractivity contribution is -0.128. The maximum absolute atomic E-state index is 12.8. The number of carbonyl (C=O) groups is 1. The number of amides is 1. The average molecular weight is 465 g/mol. The molecule has 0 atom stereocenters. The Bertz CT molecular complexity index is 1100. The summed E-state index contributed by atoms with van der Waals surface area (Å²) in [4.78, 5) is 44.1. The highest BCUT2D eigenvalue weighted by Gasteiger charge is 2.23. The monoisotopic (exact) mass is 464 g/mol. The molecule has 0 radical (unpaired) electrons. The van der Waals surface area contributed by atoms with Gasteiger partial charge in [-0.05, 0) is 37.1 Å². The summed E-state index contributed by atoms with van der Waals surface area (Å²) in [7, 11) is 2.70. The second kappa shape index (κ2) is 10.2. The largest absolute Gasteiger partial charge is 0.494 e. The van der Waals surface area contributed by atoms with Gasteiger partial charge in [-0.25, -0.2) is 9.79 Å². The van der Waals surface area contributed by atoms with Gasteiger partial charge in [0.05, 0.1) is 11.4 Å². The van der Waals surface area contributed by atoms with E-state index in [1.54, 1.807) is 24.3 Å². The highest BCUT2D eigenvalue weighted by atomic mass is 35.5. The molecule has 0 unspecified atom stereocenters. The summed E-state index contributed by atoms with van der Waals surface area (Å²) in [6.45, 7) is 1.44. The van der Waals surface area contributed by atoms with Crippen molar-refractivity contribution in [1.82, 2.24) is 14.0 Å². The standard InChI is InChI=1S/C21H25ClN4O4S/c1-24-19(28)17(20(29)25(2)21(24)30)18(23-15-9-7-14(22)8-10-15)31-13-16(27)26-11-5-3-4-6-12-26/h7-10,28H,3-6,11-13H2,1-2H3. The number of carbonyl (C=O) groups excluding carboxylic acids is 1. The van der Waals surface area contributed by atoms with Crippen molar-refractivity contribution in [3.8, 4) is 5.88 Å². The summed E-state index contributed by atoms with van der Waals surface area (Å²) < 4.78 is 1.88. The molecule has 1 aliphatic rings. The number of benzene rings is 1. The van der Waals surface area contributed by atoms with Crippen LogP contribution in [0.3, 0.4) is 0 Å². The Morgan fingerprint density at radius 3 is 2.29 bits per heavy atom. The first-order chi connectivity index (χ1) is 14.8. The minimum absolute atomic E-state index is 0.0446. The molecule has 0 spiro atoms. The van der Waals surface area contributed by atoms with Crippen molar-refractivity contribution < 1.29 is 9.90 Å². The van der Waals surface area contributed by atoms with E-state index in [1.165, 1.54) is 14.1 Å². The minimum Gasteiger partial charge on any atom is -0.494 e. The fourth-order valence-corrected chi connectivity index (χ4v) is 4.42. The number of aromatic hydroxyl groups is 1. The molecule has 1 aromatic carbocycles. The molecular formula is C21H25ClN4O4S. The number of aromatic nitrogens is 2. The summed E-state index contributed by atoms with van der Waals surface area (Å²) in [5, 5.41) is 11.3. The number of halogens is 1. The first-order valence-corrected chi connectivity index (χ1v) is 11.4. The Morgan fingerprint density at radius 1 is 1.06 bits per heavy atom. The van der Waals surface area contributed by atoms with E-state index in [4.69, 9.17) is 11.6 Å². The lowest BCUT2D eigenvalue weighted by atomic mass is 10.2. The summed E-state index contributed by atoms with van der Waals surface area (Å²) in [5.74, 6) is -0.468. The molecule has 0 aliphatic carbocycles. The molecule has 31 heavy (non-hydrogen) atoms. The van der Waals surface area contributed by atoms with Crippen LogP contribution in [0.4, 0.5) is 5.69 Å². The predicted molar refractivity (Wildman–Crippen MR) is 124 cm³/mol. The van der Waals surface area contributed by atoms with Crippen molar-refractivity contribution in [2.75, 3.05) is 18.8 Å². The quantitative estimate of drug-likeness (QED) is 0.554. The third-order valence-corrected chi connectivity index (χ3v) is 6.41. The zero-order valence-corrected chi connectivity index (χ0v) is 19.1. The zero-order valence-electron chi connectivity index (χ0n) is 17.5. The van der Waals surface area contributed by atoms with Crippen molar-refractivity contribution >= 4 is 40.0 Å². The Hall–Kier alpha value is -2.52. The molecule has 1 saturated heterocycles. The van der Waals surface area contributed by atoms with E-state index in [1.807, 2.05) is 4.90 Å².